The fourth-order valence-electron chi connectivity index (χ4n) is 3.65. The molecule has 3 aromatic rings. The van der Waals surface area contributed by atoms with Gasteiger partial charge < -0.3 is 10.2 Å². The van der Waals surface area contributed by atoms with Crippen molar-refractivity contribution in [2.45, 2.75) is 12.8 Å². The van der Waals surface area contributed by atoms with E-state index in [0.29, 0.717) is 17.1 Å². The minimum atomic E-state index is -0.0363. The van der Waals surface area contributed by atoms with Crippen LogP contribution in [0.1, 0.15) is 23.2 Å². The van der Waals surface area contributed by atoms with Crippen LogP contribution < -0.4 is 10.2 Å². The van der Waals surface area contributed by atoms with Gasteiger partial charge in [-0.05, 0) is 67.3 Å². The maximum atomic E-state index is 12.1. The number of nitrogens with one attached hydrogen (secondary N) is 1. The lowest BCUT2D eigenvalue weighted by atomic mass is 10.2. The normalized spacial score (nSPS) is 15.0. The lowest BCUT2D eigenvalue weighted by Crippen LogP contribution is -2.46. The van der Waals surface area contributed by atoms with E-state index in [1.165, 1.54) is 10.1 Å². The number of fused-ring (bicyclic) bond motifs is 1. The maximum absolute atomic E-state index is 12.1. The maximum Gasteiger partial charge on any atom is 0.251 e. The number of piperazine rings is 1. The summed E-state index contributed by atoms with van der Waals surface area (Å²) in [5.41, 5.74) is 0.653. The van der Waals surface area contributed by atoms with Crippen molar-refractivity contribution in [2.75, 3.05) is 44.2 Å². The summed E-state index contributed by atoms with van der Waals surface area (Å²) in [4.78, 5) is 17.0. The number of anilines is 1. The Balaban J connectivity index is 1.15. The van der Waals surface area contributed by atoms with E-state index in [4.69, 9.17) is 11.6 Å². The summed E-state index contributed by atoms with van der Waals surface area (Å²) in [5.74, 6) is 1.10. The Labute approximate surface area is 180 Å². The molecule has 1 aromatic heterocycles. The molecule has 29 heavy (non-hydrogen) atoms. The molecule has 0 atom stereocenters. The van der Waals surface area contributed by atoms with E-state index in [0.717, 1.165) is 51.4 Å². The number of halogens is 1. The van der Waals surface area contributed by atoms with Crippen molar-refractivity contribution in [3.8, 4) is 0 Å². The highest BCUT2D eigenvalue weighted by atomic mass is 35.5. The number of benzene rings is 2. The SMILES string of the molecule is O=C(NCCCCN1CCN(c2nsc3ccccc23)CC1)c1ccc(Cl)cc1. The second-order valence-corrected chi connectivity index (χ2v) is 8.54. The largest absolute Gasteiger partial charge is 0.353 e. The number of amides is 1. The van der Waals surface area contributed by atoms with E-state index in [2.05, 4.69) is 43.8 Å². The van der Waals surface area contributed by atoms with Crippen LogP contribution in [0.15, 0.2) is 48.5 Å². The Morgan fingerprint density at radius 3 is 2.59 bits per heavy atom. The predicted octanol–water partition coefficient (Wildman–Crippen LogP) is 4.28. The Hall–Kier alpha value is -2.15. The summed E-state index contributed by atoms with van der Waals surface area (Å²) < 4.78 is 5.93. The van der Waals surface area contributed by atoms with E-state index >= 15 is 0 Å². The number of rotatable bonds is 7. The van der Waals surface area contributed by atoms with E-state index in [1.54, 1.807) is 35.8 Å². The molecule has 1 amide bonds. The van der Waals surface area contributed by atoms with Gasteiger partial charge in [0.05, 0.1) is 4.70 Å². The molecule has 0 bridgehead atoms. The standard InChI is InChI=1S/C22H25ClN4OS/c23-18-9-7-17(8-10-18)22(28)24-11-3-4-12-26-13-15-27(16-14-26)21-19-5-1-2-6-20(19)29-25-21/h1-2,5-10H,3-4,11-16H2,(H,24,28). The lowest BCUT2D eigenvalue weighted by Gasteiger charge is -2.35. The molecule has 1 aliphatic rings. The van der Waals surface area contributed by atoms with Gasteiger partial charge in [0.15, 0.2) is 0 Å². The molecule has 1 N–H and O–H groups in total. The third kappa shape index (κ3) is 5.07. The second-order valence-electron chi connectivity index (χ2n) is 7.30. The topological polar surface area (TPSA) is 48.5 Å². The van der Waals surface area contributed by atoms with Crippen molar-refractivity contribution in [3.63, 3.8) is 0 Å². The molecule has 5 nitrogen and oxygen atoms in total. The van der Waals surface area contributed by atoms with Gasteiger partial charge in [-0.3, -0.25) is 9.69 Å². The molecule has 4 rings (SSSR count). The molecule has 0 aliphatic carbocycles. The van der Waals surface area contributed by atoms with Crippen molar-refractivity contribution >= 4 is 44.9 Å². The molecule has 0 radical (unpaired) electrons. The van der Waals surface area contributed by atoms with Crippen LogP contribution in [0.3, 0.4) is 0 Å². The number of aromatic nitrogens is 1. The van der Waals surface area contributed by atoms with E-state index in [1.807, 2.05) is 0 Å². The van der Waals surface area contributed by atoms with Gasteiger partial charge in [-0.1, -0.05) is 23.7 Å². The molecular formula is C22H25ClN4OS. The number of nitrogens with zero attached hydrogens (tertiary/aromatic N) is 3. The highest BCUT2D eigenvalue weighted by Gasteiger charge is 2.20. The van der Waals surface area contributed by atoms with Gasteiger partial charge in [-0.15, -0.1) is 0 Å². The Morgan fingerprint density at radius 2 is 1.79 bits per heavy atom. The lowest BCUT2D eigenvalue weighted by molar-refractivity contribution is 0.0952. The van der Waals surface area contributed by atoms with Gasteiger partial charge in [0.25, 0.3) is 5.91 Å². The first-order valence-corrected chi connectivity index (χ1v) is 11.2. The Bertz CT molecular complexity index is 951. The summed E-state index contributed by atoms with van der Waals surface area (Å²) >= 11 is 7.44. The summed E-state index contributed by atoms with van der Waals surface area (Å²) in [6.07, 6.45) is 2.07. The minimum absolute atomic E-state index is 0.0363. The number of carbonyl (C=O) groups excluding carboxylic acids is 1. The smallest absolute Gasteiger partial charge is 0.251 e. The van der Waals surface area contributed by atoms with E-state index in [-0.39, 0.29) is 5.91 Å². The second kappa shape index (κ2) is 9.57. The van der Waals surface area contributed by atoms with Crippen LogP contribution in [-0.4, -0.2) is 54.4 Å². The highest BCUT2D eigenvalue weighted by molar-refractivity contribution is 7.13. The Kier molecular flexibility index (Phi) is 6.64. The zero-order valence-corrected chi connectivity index (χ0v) is 17.9. The van der Waals surface area contributed by atoms with Crippen molar-refractivity contribution < 1.29 is 4.79 Å². The molecule has 7 heteroatoms. The van der Waals surface area contributed by atoms with Crippen molar-refractivity contribution in [1.82, 2.24) is 14.6 Å². The van der Waals surface area contributed by atoms with Gasteiger partial charge in [0.1, 0.15) is 5.82 Å². The summed E-state index contributed by atoms with van der Waals surface area (Å²) in [6, 6.07) is 15.4. The molecule has 0 unspecified atom stereocenters. The average Bonchev–Trinajstić information content (AvgIpc) is 3.18. The van der Waals surface area contributed by atoms with Crippen LogP contribution >= 0.6 is 23.1 Å². The first-order valence-electron chi connectivity index (χ1n) is 10.1. The monoisotopic (exact) mass is 428 g/mol. The Morgan fingerprint density at radius 1 is 1.03 bits per heavy atom. The van der Waals surface area contributed by atoms with Crippen LogP contribution in [0, 0.1) is 0 Å². The molecule has 1 aliphatic heterocycles. The molecule has 2 heterocycles. The van der Waals surface area contributed by atoms with Gasteiger partial charge in [-0.25, -0.2) is 0 Å². The van der Waals surface area contributed by atoms with Crippen LogP contribution in [0.25, 0.3) is 10.1 Å². The van der Waals surface area contributed by atoms with Gasteiger partial charge in [0, 0.05) is 48.7 Å². The molecule has 2 aromatic carbocycles. The van der Waals surface area contributed by atoms with Crippen molar-refractivity contribution in [2.24, 2.45) is 0 Å². The van der Waals surface area contributed by atoms with Crippen LogP contribution in [0.4, 0.5) is 5.82 Å². The summed E-state index contributed by atoms with van der Waals surface area (Å²) in [7, 11) is 0. The molecule has 0 saturated carbocycles. The van der Waals surface area contributed by atoms with Gasteiger partial charge in [0.2, 0.25) is 0 Å². The number of carbonyl (C=O) groups is 1. The fraction of sp³-hybridized carbons (Fsp3) is 0.364. The third-order valence-electron chi connectivity index (χ3n) is 5.32. The fourth-order valence-corrected chi connectivity index (χ4v) is 4.57. The highest BCUT2D eigenvalue weighted by Crippen LogP contribution is 2.29. The third-order valence-corrected chi connectivity index (χ3v) is 6.39. The number of hydrogen-bond donors (Lipinski definition) is 1. The number of unbranched alkanes of at least 4 members (excludes halogenated alkanes) is 1. The first kappa shape index (κ1) is 20.1. The predicted molar refractivity (Wildman–Crippen MR) is 121 cm³/mol. The average molecular weight is 429 g/mol. The van der Waals surface area contributed by atoms with Gasteiger partial charge in [-0.2, -0.15) is 4.37 Å². The molecule has 152 valence electrons. The molecule has 1 fully saturated rings. The van der Waals surface area contributed by atoms with E-state index < -0.39 is 0 Å². The van der Waals surface area contributed by atoms with Crippen LogP contribution in [0.2, 0.25) is 5.02 Å². The number of hydrogen-bond acceptors (Lipinski definition) is 5. The van der Waals surface area contributed by atoms with Crippen molar-refractivity contribution in [3.05, 3.63) is 59.1 Å². The van der Waals surface area contributed by atoms with Gasteiger partial charge >= 0.3 is 0 Å². The summed E-state index contributed by atoms with van der Waals surface area (Å²) in [5, 5.41) is 4.89. The zero-order chi connectivity index (χ0) is 20.1. The van der Waals surface area contributed by atoms with Crippen LogP contribution in [0.5, 0.6) is 0 Å². The molecule has 0 spiro atoms. The van der Waals surface area contributed by atoms with Crippen molar-refractivity contribution in [1.29, 1.82) is 0 Å². The zero-order valence-electron chi connectivity index (χ0n) is 16.3. The minimum Gasteiger partial charge on any atom is -0.353 e. The summed E-state index contributed by atoms with van der Waals surface area (Å²) in [6.45, 7) is 5.92. The molecular weight excluding hydrogens is 404 g/mol. The van der Waals surface area contributed by atoms with Crippen LogP contribution in [-0.2, 0) is 0 Å². The quantitative estimate of drug-likeness (QED) is 0.570. The molecule has 1 saturated heterocycles. The first-order chi connectivity index (χ1) is 14.2. The van der Waals surface area contributed by atoms with E-state index in [9.17, 15) is 4.79 Å².